The summed E-state index contributed by atoms with van der Waals surface area (Å²) in [4.78, 5) is 12.1. The van der Waals surface area contributed by atoms with E-state index in [0.29, 0.717) is 42.2 Å². The van der Waals surface area contributed by atoms with Gasteiger partial charge >= 0.3 is 0 Å². The fraction of sp³-hybridized carbons (Fsp3) is 0.735. The summed E-state index contributed by atoms with van der Waals surface area (Å²) in [5.41, 5.74) is 4.51. The van der Waals surface area contributed by atoms with Crippen molar-refractivity contribution in [2.45, 2.75) is 128 Å². The van der Waals surface area contributed by atoms with Crippen molar-refractivity contribution in [3.05, 3.63) is 41.0 Å². The third kappa shape index (κ3) is 5.24. The quantitative estimate of drug-likeness (QED) is 0.347. The summed E-state index contributed by atoms with van der Waals surface area (Å²) in [5, 5.41) is 15.2. The number of Topliss-reactive ketones (excluding diaryl/α,β-unsaturated/α-hetero) is 1. The lowest BCUT2D eigenvalue weighted by Crippen LogP contribution is -2.47. The molecule has 6 rings (SSSR count). The number of allylic oxidation sites excluding steroid dienone is 2. The molecule has 5 aliphatic carbocycles. The Morgan fingerprint density at radius 1 is 1.08 bits per heavy atom. The van der Waals surface area contributed by atoms with Crippen molar-refractivity contribution in [3.8, 4) is 5.75 Å². The molecule has 208 valence electrons. The molecule has 0 bridgehead atoms. The second kappa shape index (κ2) is 11.5. The van der Waals surface area contributed by atoms with Gasteiger partial charge in [0, 0.05) is 30.3 Å². The Bertz CT molecular complexity index is 1030. The van der Waals surface area contributed by atoms with Crippen LogP contribution in [0.4, 0.5) is 0 Å². The van der Waals surface area contributed by atoms with Crippen LogP contribution in [0, 0.1) is 23.2 Å². The third-order valence-corrected chi connectivity index (χ3v) is 11.4. The molecule has 5 aliphatic rings. The zero-order valence-corrected chi connectivity index (χ0v) is 23.6. The van der Waals surface area contributed by atoms with Gasteiger partial charge in [-0.25, -0.2) is 0 Å². The van der Waals surface area contributed by atoms with E-state index in [4.69, 9.17) is 4.74 Å². The van der Waals surface area contributed by atoms with Gasteiger partial charge < -0.3 is 15.2 Å². The zero-order chi connectivity index (χ0) is 26.1. The molecular formula is C34H49NO3. The normalized spacial score (nSPS) is 34.1. The average molecular weight is 520 g/mol. The molecule has 3 fully saturated rings. The highest BCUT2D eigenvalue weighted by atomic mass is 16.5. The van der Waals surface area contributed by atoms with E-state index >= 15 is 0 Å². The maximum atomic E-state index is 12.1. The predicted molar refractivity (Wildman–Crippen MR) is 152 cm³/mol. The maximum absolute atomic E-state index is 12.1. The van der Waals surface area contributed by atoms with Crippen LogP contribution < -0.4 is 10.1 Å². The van der Waals surface area contributed by atoms with E-state index < -0.39 is 0 Å². The molecule has 0 aromatic heterocycles. The Hall–Kier alpha value is -1.65. The molecule has 0 amide bonds. The van der Waals surface area contributed by atoms with E-state index in [1.807, 2.05) is 0 Å². The van der Waals surface area contributed by atoms with Crippen LogP contribution in [0.2, 0.25) is 0 Å². The lowest BCUT2D eigenvalue weighted by Gasteiger charge is -2.52. The molecule has 4 heteroatoms. The Morgan fingerprint density at radius 3 is 2.79 bits per heavy atom. The van der Waals surface area contributed by atoms with Gasteiger partial charge in [0.1, 0.15) is 11.5 Å². The summed E-state index contributed by atoms with van der Waals surface area (Å²) in [7, 11) is 0. The Labute approximate surface area is 230 Å². The van der Waals surface area contributed by atoms with Gasteiger partial charge in [-0.15, -0.1) is 0 Å². The topological polar surface area (TPSA) is 58.6 Å². The van der Waals surface area contributed by atoms with E-state index in [2.05, 4.69) is 36.5 Å². The van der Waals surface area contributed by atoms with Gasteiger partial charge in [-0.05, 0) is 112 Å². The highest BCUT2D eigenvalue weighted by molar-refractivity contribution is 5.82. The van der Waals surface area contributed by atoms with Gasteiger partial charge in [-0.1, -0.05) is 43.0 Å². The minimum absolute atomic E-state index is 0.0137. The second-order valence-corrected chi connectivity index (χ2v) is 13.3. The van der Waals surface area contributed by atoms with Crippen molar-refractivity contribution in [3.63, 3.8) is 0 Å². The van der Waals surface area contributed by atoms with Crippen molar-refractivity contribution < 1.29 is 14.6 Å². The highest BCUT2D eigenvalue weighted by Gasteiger charge is 2.57. The number of ether oxygens (including phenoxy) is 1. The molecule has 0 spiro atoms. The molecule has 1 aromatic carbocycles. The van der Waals surface area contributed by atoms with E-state index in [1.54, 1.807) is 5.57 Å². The van der Waals surface area contributed by atoms with Crippen LogP contribution in [0.5, 0.6) is 5.75 Å². The van der Waals surface area contributed by atoms with E-state index in [0.717, 1.165) is 70.0 Å². The lowest BCUT2D eigenvalue weighted by atomic mass is 9.53. The minimum atomic E-state index is -0.196. The largest absolute Gasteiger partial charge is 0.494 e. The summed E-state index contributed by atoms with van der Waals surface area (Å²) in [6.45, 7) is 2.98. The number of hydrogen-bond donors (Lipinski definition) is 2. The SMILES string of the molecule is CCC(Cc1cccc(OCC[C@]23CCC4C5=C(CCC4C2CC[C@@H]3O)CC(=O)CC5)c1)NC1CCCC1. The molecule has 38 heavy (non-hydrogen) atoms. The standard InChI is InChI=1S/C34H49NO3/c1-2-25(35-26-7-3-4-8-26)20-23-6-5-9-28(21-23)38-19-18-34-17-16-30-29-13-11-27(36)22-24(29)10-12-31(30)32(34)14-15-33(34)37/h5-6,9,21,25-26,30-33,35,37H,2-4,7-8,10-20,22H2,1H3/t25?,30?,31?,32?,33-,34+/m0/s1. The first-order valence-electron chi connectivity index (χ1n) is 15.9. The van der Waals surface area contributed by atoms with Crippen molar-refractivity contribution in [2.75, 3.05) is 6.61 Å². The number of ketones is 1. The molecule has 4 unspecified atom stereocenters. The lowest BCUT2D eigenvalue weighted by molar-refractivity contribution is -0.119. The Kier molecular flexibility index (Phi) is 8.01. The van der Waals surface area contributed by atoms with E-state index in [1.165, 1.54) is 49.7 Å². The summed E-state index contributed by atoms with van der Waals surface area (Å²) < 4.78 is 6.40. The number of carbonyl (C=O) groups excluding carboxylic acids is 1. The van der Waals surface area contributed by atoms with E-state index in [9.17, 15) is 9.90 Å². The molecule has 0 radical (unpaired) electrons. The third-order valence-electron chi connectivity index (χ3n) is 11.4. The van der Waals surface area contributed by atoms with Gasteiger partial charge in [-0.2, -0.15) is 0 Å². The van der Waals surface area contributed by atoms with Crippen molar-refractivity contribution >= 4 is 5.78 Å². The molecule has 2 N–H and O–H groups in total. The summed E-state index contributed by atoms with van der Waals surface area (Å²) in [5.74, 6) is 3.38. The Morgan fingerprint density at radius 2 is 1.95 bits per heavy atom. The number of nitrogens with one attached hydrogen (secondary N) is 1. The number of carbonyl (C=O) groups is 1. The van der Waals surface area contributed by atoms with Crippen LogP contribution >= 0.6 is 0 Å². The monoisotopic (exact) mass is 519 g/mol. The van der Waals surface area contributed by atoms with Crippen molar-refractivity contribution in [2.24, 2.45) is 23.2 Å². The second-order valence-electron chi connectivity index (χ2n) is 13.3. The first kappa shape index (κ1) is 26.6. The number of hydrogen-bond acceptors (Lipinski definition) is 4. The van der Waals surface area contributed by atoms with E-state index in [-0.39, 0.29) is 11.5 Å². The molecule has 0 saturated heterocycles. The number of benzene rings is 1. The first-order chi connectivity index (χ1) is 18.6. The number of aliphatic hydroxyl groups is 1. The van der Waals surface area contributed by atoms with Crippen LogP contribution in [-0.4, -0.2) is 35.7 Å². The van der Waals surface area contributed by atoms with Crippen molar-refractivity contribution in [1.29, 1.82) is 0 Å². The summed E-state index contributed by atoms with van der Waals surface area (Å²) >= 11 is 0. The number of rotatable bonds is 9. The maximum Gasteiger partial charge on any atom is 0.137 e. The minimum Gasteiger partial charge on any atom is -0.494 e. The smallest absolute Gasteiger partial charge is 0.137 e. The predicted octanol–water partition coefficient (Wildman–Crippen LogP) is 6.94. The first-order valence-corrected chi connectivity index (χ1v) is 15.9. The summed E-state index contributed by atoms with van der Waals surface area (Å²) in [6.07, 6.45) is 17.6. The molecule has 1 aromatic rings. The highest BCUT2D eigenvalue weighted by Crippen LogP contribution is 2.62. The van der Waals surface area contributed by atoms with Gasteiger partial charge in [0.05, 0.1) is 12.7 Å². The van der Waals surface area contributed by atoms with Gasteiger partial charge in [0.2, 0.25) is 0 Å². The molecule has 4 nitrogen and oxygen atoms in total. The number of fused-ring (bicyclic) bond motifs is 4. The van der Waals surface area contributed by atoms with Gasteiger partial charge in [0.15, 0.2) is 0 Å². The number of aliphatic hydroxyl groups excluding tert-OH is 1. The van der Waals surface area contributed by atoms with Crippen molar-refractivity contribution in [1.82, 2.24) is 5.32 Å². The van der Waals surface area contributed by atoms with Crippen LogP contribution in [-0.2, 0) is 11.2 Å². The molecule has 6 atom stereocenters. The van der Waals surface area contributed by atoms with Crippen LogP contribution in [0.15, 0.2) is 35.4 Å². The van der Waals surface area contributed by atoms with Gasteiger partial charge in [0.25, 0.3) is 0 Å². The molecule has 0 heterocycles. The zero-order valence-electron chi connectivity index (χ0n) is 23.6. The fourth-order valence-electron chi connectivity index (χ4n) is 9.46. The fourth-order valence-corrected chi connectivity index (χ4v) is 9.46. The molecule has 0 aliphatic heterocycles. The Balaban J connectivity index is 1.08. The molecular weight excluding hydrogens is 470 g/mol. The van der Waals surface area contributed by atoms with Crippen LogP contribution in [0.1, 0.15) is 109 Å². The summed E-state index contributed by atoms with van der Waals surface area (Å²) in [6, 6.07) is 9.97. The van der Waals surface area contributed by atoms with Gasteiger partial charge in [-0.3, -0.25) is 4.79 Å². The average Bonchev–Trinajstić information content (AvgIpc) is 3.56. The van der Waals surface area contributed by atoms with Crippen LogP contribution in [0.3, 0.4) is 0 Å². The molecule has 3 saturated carbocycles. The van der Waals surface area contributed by atoms with Crippen LogP contribution in [0.25, 0.3) is 0 Å².